The van der Waals surface area contributed by atoms with Crippen LogP contribution in [0.25, 0.3) is 0 Å². The van der Waals surface area contributed by atoms with Crippen LogP contribution in [0.5, 0.6) is 0 Å². The molecular weight excluding hydrogens is 334 g/mol. The van der Waals surface area contributed by atoms with Gasteiger partial charge in [0.25, 0.3) is 0 Å². The van der Waals surface area contributed by atoms with Crippen LogP contribution in [0.2, 0.25) is 0 Å². The van der Waals surface area contributed by atoms with Crippen LogP contribution in [-0.2, 0) is 14.3 Å². The standard InChI is InChI=1S/C5H10O2.C4H6ClIO2/c1-3-5(6)7-4-2;1-2-4(5,6)3(7)8/h3-4H2,1-2H3;2H2,1H3,(H,7,8). The summed E-state index contributed by atoms with van der Waals surface area (Å²) >= 11 is 7.14. The molecule has 0 aromatic rings. The van der Waals surface area contributed by atoms with E-state index in [1.54, 1.807) is 43.4 Å². The van der Waals surface area contributed by atoms with Crippen LogP contribution in [0, 0.1) is 0 Å². The van der Waals surface area contributed by atoms with Gasteiger partial charge in [0.2, 0.25) is 0 Å². The molecule has 0 aliphatic rings. The Labute approximate surface area is 108 Å². The molecule has 15 heavy (non-hydrogen) atoms. The van der Waals surface area contributed by atoms with Crippen molar-refractivity contribution in [2.45, 2.75) is 36.5 Å². The van der Waals surface area contributed by atoms with Crippen molar-refractivity contribution in [3.8, 4) is 0 Å². The maximum Gasteiger partial charge on any atom is 0.334 e. The molecule has 0 aromatic heterocycles. The van der Waals surface area contributed by atoms with Gasteiger partial charge >= 0.3 is 11.9 Å². The van der Waals surface area contributed by atoms with Crippen molar-refractivity contribution in [3.63, 3.8) is 0 Å². The van der Waals surface area contributed by atoms with Crippen LogP contribution < -0.4 is 0 Å². The second-order valence-electron chi connectivity index (χ2n) is 2.52. The third-order valence-corrected chi connectivity index (χ3v) is 3.00. The number of esters is 1. The number of carbonyl (C=O) groups excluding carboxylic acids is 1. The fourth-order valence-electron chi connectivity index (χ4n) is 0.414. The van der Waals surface area contributed by atoms with Gasteiger partial charge in [0.15, 0.2) is 2.88 Å². The Hall–Kier alpha value is -0.0400. The molecule has 0 aromatic carbocycles. The lowest BCUT2D eigenvalue weighted by atomic mass is 10.3. The lowest BCUT2D eigenvalue weighted by molar-refractivity contribution is -0.142. The van der Waals surface area contributed by atoms with Gasteiger partial charge in [0.05, 0.1) is 6.61 Å². The highest BCUT2D eigenvalue weighted by molar-refractivity contribution is 14.1. The largest absolute Gasteiger partial charge is 0.479 e. The highest BCUT2D eigenvalue weighted by Gasteiger charge is 2.29. The summed E-state index contributed by atoms with van der Waals surface area (Å²) in [4.78, 5) is 20.3. The third-order valence-electron chi connectivity index (χ3n) is 1.35. The summed E-state index contributed by atoms with van der Waals surface area (Å²) in [6, 6.07) is 0. The number of halogens is 2. The number of aliphatic carboxylic acids is 1. The number of hydrogen-bond donors (Lipinski definition) is 1. The summed E-state index contributed by atoms with van der Waals surface area (Å²) in [7, 11) is 0. The summed E-state index contributed by atoms with van der Waals surface area (Å²) < 4.78 is 3.45. The zero-order valence-corrected chi connectivity index (χ0v) is 12.0. The van der Waals surface area contributed by atoms with Crippen LogP contribution in [-0.4, -0.2) is 26.5 Å². The Morgan fingerprint density at radius 3 is 1.93 bits per heavy atom. The minimum Gasteiger partial charge on any atom is -0.479 e. The molecule has 0 rings (SSSR count). The molecule has 0 saturated carbocycles. The summed E-state index contributed by atoms with van der Waals surface area (Å²) in [5.41, 5.74) is 0. The van der Waals surface area contributed by atoms with Crippen LogP contribution in [0.15, 0.2) is 0 Å². The highest BCUT2D eigenvalue weighted by atomic mass is 127. The molecule has 0 radical (unpaired) electrons. The van der Waals surface area contributed by atoms with Crippen LogP contribution in [0.3, 0.4) is 0 Å². The maximum absolute atomic E-state index is 10.2. The van der Waals surface area contributed by atoms with Crippen molar-refractivity contribution >= 4 is 46.1 Å². The highest BCUT2D eigenvalue weighted by Crippen LogP contribution is 2.27. The average molecular weight is 351 g/mol. The van der Waals surface area contributed by atoms with Gasteiger partial charge in [-0.3, -0.25) is 4.79 Å². The molecule has 4 nitrogen and oxygen atoms in total. The fourth-order valence-corrected chi connectivity index (χ4v) is 0.414. The van der Waals surface area contributed by atoms with E-state index in [0.29, 0.717) is 19.4 Å². The minimum absolute atomic E-state index is 0.123. The van der Waals surface area contributed by atoms with Crippen LogP contribution >= 0.6 is 34.2 Å². The van der Waals surface area contributed by atoms with Gasteiger partial charge < -0.3 is 9.84 Å². The van der Waals surface area contributed by atoms with Gasteiger partial charge in [-0.2, -0.15) is 0 Å². The van der Waals surface area contributed by atoms with E-state index in [1.165, 1.54) is 0 Å². The first-order valence-corrected chi connectivity index (χ1v) is 6.04. The Balaban J connectivity index is 0. The number of carbonyl (C=O) groups is 2. The Bertz CT molecular complexity index is 206. The molecule has 90 valence electrons. The van der Waals surface area contributed by atoms with Gasteiger partial charge in [0.1, 0.15) is 0 Å². The Morgan fingerprint density at radius 2 is 1.87 bits per heavy atom. The molecule has 1 atom stereocenters. The van der Waals surface area contributed by atoms with E-state index in [1.807, 2.05) is 0 Å². The summed E-state index contributed by atoms with van der Waals surface area (Å²) in [6.07, 6.45) is 0.915. The first kappa shape index (κ1) is 17.4. The van der Waals surface area contributed by atoms with Gasteiger partial charge in [-0.25, -0.2) is 4.79 Å². The molecule has 6 heteroatoms. The average Bonchev–Trinajstić information content (AvgIpc) is 2.19. The van der Waals surface area contributed by atoms with Gasteiger partial charge in [-0.05, 0) is 35.9 Å². The van der Waals surface area contributed by atoms with Gasteiger partial charge in [-0.15, -0.1) is 0 Å². The quantitative estimate of drug-likeness (QED) is 0.481. The molecule has 0 aliphatic carbocycles. The minimum atomic E-state index is -1.10. The van der Waals surface area contributed by atoms with Crippen molar-refractivity contribution < 1.29 is 19.4 Å². The summed E-state index contributed by atoms with van der Waals surface area (Å²) in [5.74, 6) is -1.09. The zero-order valence-electron chi connectivity index (χ0n) is 9.05. The van der Waals surface area contributed by atoms with Crippen LogP contribution in [0.1, 0.15) is 33.6 Å². The normalized spacial score (nSPS) is 13.1. The molecule has 0 amide bonds. The van der Waals surface area contributed by atoms with E-state index < -0.39 is 8.85 Å². The van der Waals surface area contributed by atoms with Crippen LogP contribution in [0.4, 0.5) is 0 Å². The predicted molar refractivity (Wildman–Crippen MR) is 67.5 cm³/mol. The van der Waals surface area contributed by atoms with Crippen molar-refractivity contribution in [2.24, 2.45) is 0 Å². The van der Waals surface area contributed by atoms with E-state index in [9.17, 15) is 9.59 Å². The SMILES string of the molecule is CCC(Cl)(I)C(=O)O.CCOC(=O)CC. The topological polar surface area (TPSA) is 63.6 Å². The fraction of sp³-hybridized carbons (Fsp3) is 0.778. The second kappa shape index (κ2) is 9.21. The second-order valence-corrected chi connectivity index (χ2v) is 5.65. The first-order valence-electron chi connectivity index (χ1n) is 4.58. The Morgan fingerprint density at radius 1 is 1.40 bits per heavy atom. The summed E-state index contributed by atoms with van der Waals surface area (Å²) in [6.45, 7) is 5.80. The van der Waals surface area contributed by atoms with E-state index in [4.69, 9.17) is 16.7 Å². The molecule has 1 unspecified atom stereocenters. The molecule has 0 fully saturated rings. The Kier molecular flexibility index (Phi) is 10.7. The smallest absolute Gasteiger partial charge is 0.334 e. The number of alkyl halides is 2. The van der Waals surface area contributed by atoms with Gasteiger partial charge in [0, 0.05) is 6.42 Å². The number of carboxylic acids is 1. The molecule has 0 heterocycles. The monoisotopic (exact) mass is 350 g/mol. The van der Waals surface area contributed by atoms with E-state index in [2.05, 4.69) is 4.74 Å². The van der Waals surface area contributed by atoms with Gasteiger partial charge in [-0.1, -0.05) is 25.4 Å². The molecule has 0 bridgehead atoms. The number of carboxylic acid groups (broad SMARTS) is 1. The van der Waals surface area contributed by atoms with Crippen molar-refractivity contribution in [3.05, 3.63) is 0 Å². The van der Waals surface area contributed by atoms with E-state index in [-0.39, 0.29) is 5.97 Å². The first-order chi connectivity index (χ1) is 6.81. The zero-order chi connectivity index (χ0) is 12.5. The predicted octanol–water partition coefficient (Wildman–Crippen LogP) is 2.81. The molecular formula is C9H16ClIO4. The number of hydrogen-bond acceptors (Lipinski definition) is 3. The molecule has 0 aliphatic heterocycles. The molecule has 1 N–H and O–H groups in total. The third kappa shape index (κ3) is 10.2. The van der Waals surface area contributed by atoms with E-state index in [0.717, 1.165) is 0 Å². The summed E-state index contributed by atoms with van der Waals surface area (Å²) in [5, 5.41) is 8.30. The maximum atomic E-state index is 10.2. The number of ether oxygens (including phenoxy) is 1. The van der Waals surface area contributed by atoms with Crippen molar-refractivity contribution in [2.75, 3.05) is 6.61 Å². The van der Waals surface area contributed by atoms with Crippen molar-refractivity contribution in [1.82, 2.24) is 0 Å². The van der Waals surface area contributed by atoms with Crippen molar-refractivity contribution in [1.29, 1.82) is 0 Å². The van der Waals surface area contributed by atoms with E-state index >= 15 is 0 Å². The lowest BCUT2D eigenvalue weighted by Crippen LogP contribution is -2.22. The lowest BCUT2D eigenvalue weighted by Gasteiger charge is -2.09. The molecule has 0 spiro atoms. The number of rotatable bonds is 4. The molecule has 0 saturated heterocycles.